The molecule has 2 heterocycles. The van der Waals surface area contributed by atoms with Crippen molar-refractivity contribution >= 4 is 0 Å². The first kappa shape index (κ1) is 11.3. The van der Waals surface area contributed by atoms with Crippen molar-refractivity contribution < 1.29 is 4.39 Å². The largest absolute Gasteiger partial charge is 0.295 e. The Labute approximate surface area is 107 Å². The van der Waals surface area contributed by atoms with Crippen LogP contribution in [0.25, 0.3) is 17.1 Å². The lowest BCUT2D eigenvalue weighted by atomic mass is 10.1. The average molecular weight is 256 g/mol. The molecule has 0 aliphatic carbocycles. The van der Waals surface area contributed by atoms with Crippen LogP contribution in [0.5, 0.6) is 0 Å². The molecule has 94 valence electrons. The number of hydrogen-bond acceptors (Lipinski definition) is 3. The number of H-pyrrole nitrogens is 1. The van der Waals surface area contributed by atoms with Gasteiger partial charge in [-0.1, -0.05) is 18.2 Å². The van der Waals surface area contributed by atoms with Gasteiger partial charge in [-0.2, -0.15) is 4.68 Å². The lowest BCUT2D eigenvalue weighted by molar-refractivity contribution is 0.631. The highest BCUT2D eigenvalue weighted by atomic mass is 19.1. The van der Waals surface area contributed by atoms with E-state index >= 15 is 0 Å². The minimum absolute atomic E-state index is 0.218. The van der Waals surface area contributed by atoms with Crippen LogP contribution < -0.4 is 5.56 Å². The number of halogens is 1. The number of nitrogens with one attached hydrogen (secondary N) is 1. The Morgan fingerprint density at radius 1 is 1.05 bits per heavy atom. The lowest BCUT2D eigenvalue weighted by Crippen LogP contribution is -2.18. The maximum absolute atomic E-state index is 13.7. The molecule has 0 aliphatic heterocycles. The van der Waals surface area contributed by atoms with E-state index in [1.54, 1.807) is 24.3 Å². The third kappa shape index (κ3) is 1.93. The molecule has 0 spiro atoms. The maximum Gasteiger partial charge on any atom is 0.281 e. The molecule has 0 radical (unpaired) electrons. The third-order valence-electron chi connectivity index (χ3n) is 2.69. The Morgan fingerprint density at radius 3 is 2.53 bits per heavy atom. The van der Waals surface area contributed by atoms with Crippen LogP contribution >= 0.6 is 0 Å². The summed E-state index contributed by atoms with van der Waals surface area (Å²) in [5.74, 6) is -0.227. The topological polar surface area (TPSA) is 63.6 Å². The van der Waals surface area contributed by atoms with Crippen molar-refractivity contribution in [2.45, 2.75) is 0 Å². The molecular formula is C13H9FN4O. The number of aromatic nitrogens is 4. The summed E-state index contributed by atoms with van der Waals surface area (Å²) in [4.78, 5) is 20.1. The molecule has 0 unspecified atom stereocenters. The standard InChI is InChI=1S/C13H9FN4O/c14-11-5-2-1-4-9(11)10-8-17-18(12(10)19)13-15-6-3-7-16-13/h1-8,17H. The third-order valence-corrected chi connectivity index (χ3v) is 2.69. The van der Waals surface area contributed by atoms with Gasteiger partial charge < -0.3 is 0 Å². The number of aromatic amines is 1. The molecule has 19 heavy (non-hydrogen) atoms. The van der Waals surface area contributed by atoms with Gasteiger partial charge >= 0.3 is 0 Å². The molecule has 0 atom stereocenters. The first-order valence-corrected chi connectivity index (χ1v) is 5.60. The first-order valence-electron chi connectivity index (χ1n) is 5.60. The molecule has 0 amide bonds. The summed E-state index contributed by atoms with van der Waals surface area (Å²) in [5, 5.41) is 2.73. The van der Waals surface area contributed by atoms with Gasteiger partial charge in [-0.3, -0.25) is 9.89 Å². The van der Waals surface area contributed by atoms with Gasteiger partial charge in [0.1, 0.15) is 5.82 Å². The van der Waals surface area contributed by atoms with E-state index in [4.69, 9.17) is 0 Å². The molecule has 0 saturated carbocycles. The summed E-state index contributed by atoms with van der Waals surface area (Å²) < 4.78 is 14.8. The Hall–Kier alpha value is -2.76. The molecule has 2 aromatic heterocycles. The van der Waals surface area contributed by atoms with Crippen molar-refractivity contribution in [2.24, 2.45) is 0 Å². The van der Waals surface area contributed by atoms with Gasteiger partial charge in [0.25, 0.3) is 11.5 Å². The molecule has 0 saturated heterocycles. The Morgan fingerprint density at radius 2 is 1.79 bits per heavy atom. The minimum atomic E-state index is -0.445. The zero-order valence-corrected chi connectivity index (χ0v) is 9.75. The fraction of sp³-hybridized carbons (Fsp3) is 0. The number of benzene rings is 1. The second-order valence-electron chi connectivity index (χ2n) is 3.86. The average Bonchev–Trinajstić information content (AvgIpc) is 2.82. The lowest BCUT2D eigenvalue weighted by Gasteiger charge is -1.98. The van der Waals surface area contributed by atoms with E-state index in [-0.39, 0.29) is 17.1 Å². The molecule has 6 heteroatoms. The van der Waals surface area contributed by atoms with Crippen molar-refractivity contribution in [2.75, 3.05) is 0 Å². The van der Waals surface area contributed by atoms with E-state index in [1.165, 1.54) is 29.3 Å². The van der Waals surface area contributed by atoms with Crippen LogP contribution in [0.3, 0.4) is 0 Å². The predicted molar refractivity (Wildman–Crippen MR) is 67.4 cm³/mol. The predicted octanol–water partition coefficient (Wildman–Crippen LogP) is 1.76. The van der Waals surface area contributed by atoms with Gasteiger partial charge in [0, 0.05) is 24.2 Å². The smallest absolute Gasteiger partial charge is 0.281 e. The molecule has 0 fully saturated rings. The molecule has 1 N–H and O–H groups in total. The van der Waals surface area contributed by atoms with Crippen molar-refractivity contribution in [1.82, 2.24) is 19.7 Å². The number of nitrogens with zero attached hydrogens (tertiary/aromatic N) is 3. The first-order chi connectivity index (χ1) is 9.27. The van der Waals surface area contributed by atoms with Gasteiger partial charge in [-0.15, -0.1) is 0 Å². The monoisotopic (exact) mass is 256 g/mol. The van der Waals surface area contributed by atoms with Crippen LogP contribution in [-0.2, 0) is 0 Å². The zero-order valence-electron chi connectivity index (χ0n) is 9.75. The summed E-state index contributed by atoms with van der Waals surface area (Å²) >= 11 is 0. The SMILES string of the molecule is O=c1c(-c2ccccc2F)c[nH]n1-c1ncccn1. The van der Waals surface area contributed by atoms with Gasteiger partial charge in [0.15, 0.2) is 0 Å². The highest BCUT2D eigenvalue weighted by molar-refractivity contribution is 5.62. The highest BCUT2D eigenvalue weighted by Crippen LogP contribution is 2.18. The van der Waals surface area contributed by atoms with Crippen molar-refractivity contribution in [1.29, 1.82) is 0 Å². The van der Waals surface area contributed by atoms with E-state index < -0.39 is 11.4 Å². The van der Waals surface area contributed by atoms with Crippen LogP contribution in [-0.4, -0.2) is 19.7 Å². The summed E-state index contributed by atoms with van der Waals surface area (Å²) in [7, 11) is 0. The molecule has 0 aliphatic rings. The van der Waals surface area contributed by atoms with Crippen molar-refractivity contribution in [3.05, 3.63) is 65.1 Å². The van der Waals surface area contributed by atoms with Gasteiger partial charge in [0.05, 0.1) is 5.56 Å². The van der Waals surface area contributed by atoms with E-state index in [2.05, 4.69) is 15.1 Å². The van der Waals surface area contributed by atoms with Crippen LogP contribution in [0.15, 0.2) is 53.7 Å². The minimum Gasteiger partial charge on any atom is -0.295 e. The van der Waals surface area contributed by atoms with Crippen LogP contribution in [0.4, 0.5) is 4.39 Å². The molecule has 3 rings (SSSR count). The molecular weight excluding hydrogens is 247 g/mol. The summed E-state index contributed by atoms with van der Waals surface area (Å²) in [6, 6.07) is 7.76. The van der Waals surface area contributed by atoms with E-state index in [1.807, 2.05) is 0 Å². The molecule has 5 nitrogen and oxygen atoms in total. The van der Waals surface area contributed by atoms with E-state index in [0.717, 1.165) is 0 Å². The van der Waals surface area contributed by atoms with E-state index in [9.17, 15) is 9.18 Å². The van der Waals surface area contributed by atoms with Gasteiger partial charge in [-0.25, -0.2) is 14.4 Å². The van der Waals surface area contributed by atoms with Crippen LogP contribution in [0, 0.1) is 5.82 Å². The second-order valence-corrected chi connectivity index (χ2v) is 3.86. The number of rotatable bonds is 2. The van der Waals surface area contributed by atoms with E-state index in [0.29, 0.717) is 0 Å². The summed E-state index contributed by atoms with van der Waals surface area (Å²) in [6.07, 6.45) is 4.49. The second kappa shape index (κ2) is 4.49. The summed E-state index contributed by atoms with van der Waals surface area (Å²) in [6.45, 7) is 0. The Kier molecular flexibility index (Phi) is 2.68. The van der Waals surface area contributed by atoms with Crippen molar-refractivity contribution in [3.8, 4) is 17.1 Å². The Balaban J connectivity index is 2.15. The highest BCUT2D eigenvalue weighted by Gasteiger charge is 2.13. The van der Waals surface area contributed by atoms with Crippen LogP contribution in [0.1, 0.15) is 0 Å². The molecule has 0 bridgehead atoms. The number of hydrogen-bond donors (Lipinski definition) is 1. The quantitative estimate of drug-likeness (QED) is 0.759. The van der Waals surface area contributed by atoms with Crippen molar-refractivity contribution in [3.63, 3.8) is 0 Å². The maximum atomic E-state index is 13.7. The fourth-order valence-electron chi connectivity index (χ4n) is 1.80. The van der Waals surface area contributed by atoms with Crippen LogP contribution in [0.2, 0.25) is 0 Å². The zero-order chi connectivity index (χ0) is 13.2. The molecule has 1 aromatic carbocycles. The Bertz CT molecular complexity index is 764. The summed E-state index contributed by atoms with van der Waals surface area (Å²) in [5.41, 5.74) is 0.0975. The van der Waals surface area contributed by atoms with Gasteiger partial charge in [0.2, 0.25) is 0 Å². The van der Waals surface area contributed by atoms with Gasteiger partial charge in [-0.05, 0) is 12.1 Å². The fourth-order valence-corrected chi connectivity index (χ4v) is 1.80. The normalized spacial score (nSPS) is 10.6. The molecule has 3 aromatic rings.